The van der Waals surface area contributed by atoms with Crippen molar-refractivity contribution < 1.29 is 14.2 Å². The van der Waals surface area contributed by atoms with Crippen molar-refractivity contribution in [2.24, 2.45) is 0 Å². The molecule has 0 aliphatic heterocycles. The van der Waals surface area contributed by atoms with E-state index < -0.39 is 5.60 Å². The van der Waals surface area contributed by atoms with E-state index in [-0.39, 0.29) is 5.82 Å². The molecule has 0 bridgehead atoms. The Morgan fingerprint density at radius 1 is 1.47 bits per heavy atom. The van der Waals surface area contributed by atoms with Crippen LogP contribution in [0.4, 0.5) is 4.39 Å². The first-order valence-electron chi connectivity index (χ1n) is 5.10. The summed E-state index contributed by atoms with van der Waals surface area (Å²) in [6, 6.07) is 3.12. The molecule has 0 atom stereocenters. The maximum absolute atomic E-state index is 13.3. The van der Waals surface area contributed by atoms with E-state index in [1.54, 1.807) is 13.0 Å². The summed E-state index contributed by atoms with van der Waals surface area (Å²) in [7, 11) is 1.53. The summed E-state index contributed by atoms with van der Waals surface area (Å²) in [6.07, 6.45) is 2.20. The Hall–Kier alpha value is -1.09. The molecular weight excluding hydrogens is 195 g/mol. The number of aliphatic hydroxyl groups is 1. The minimum Gasteiger partial charge on any atom is -0.496 e. The number of methoxy groups -OCH3 is 1. The van der Waals surface area contributed by atoms with Gasteiger partial charge in [-0.3, -0.25) is 0 Å². The van der Waals surface area contributed by atoms with Gasteiger partial charge in [0, 0.05) is 12.0 Å². The molecule has 1 aromatic carbocycles. The van der Waals surface area contributed by atoms with Gasteiger partial charge in [0.15, 0.2) is 0 Å². The fourth-order valence-electron chi connectivity index (χ4n) is 1.82. The number of halogens is 1. The number of ether oxygens (including phenoxy) is 1. The molecule has 82 valence electrons. The summed E-state index contributed by atoms with van der Waals surface area (Å²) in [6.45, 7) is 1.69. The Labute approximate surface area is 88.7 Å². The second-order valence-corrected chi connectivity index (χ2v) is 4.27. The first kappa shape index (κ1) is 10.4. The summed E-state index contributed by atoms with van der Waals surface area (Å²) in [5.74, 6) is 0.300. The van der Waals surface area contributed by atoms with Gasteiger partial charge in [0.2, 0.25) is 0 Å². The van der Waals surface area contributed by atoms with Gasteiger partial charge in [-0.1, -0.05) is 6.07 Å². The van der Waals surface area contributed by atoms with Crippen LogP contribution in [0.3, 0.4) is 0 Å². The summed E-state index contributed by atoms with van der Waals surface area (Å²) in [5, 5.41) is 9.81. The fraction of sp³-hybridized carbons (Fsp3) is 0.500. The van der Waals surface area contributed by atoms with E-state index in [1.165, 1.54) is 13.2 Å². The Bertz CT molecular complexity index is 383. The van der Waals surface area contributed by atoms with Crippen LogP contribution in [0.1, 0.15) is 24.0 Å². The van der Waals surface area contributed by atoms with Crippen molar-refractivity contribution in [3.05, 3.63) is 29.1 Å². The zero-order chi connectivity index (χ0) is 11.1. The van der Waals surface area contributed by atoms with E-state index >= 15 is 0 Å². The van der Waals surface area contributed by atoms with Crippen LogP contribution >= 0.6 is 0 Å². The third-order valence-electron chi connectivity index (χ3n) is 2.97. The van der Waals surface area contributed by atoms with Gasteiger partial charge in [-0.2, -0.15) is 0 Å². The minimum atomic E-state index is -0.572. The number of benzene rings is 1. The van der Waals surface area contributed by atoms with Gasteiger partial charge >= 0.3 is 0 Å². The number of hydrogen-bond donors (Lipinski definition) is 1. The van der Waals surface area contributed by atoms with Gasteiger partial charge < -0.3 is 9.84 Å². The average Bonchev–Trinajstić information content (AvgIpc) is 2.91. The van der Waals surface area contributed by atoms with Gasteiger partial charge in [-0.15, -0.1) is 0 Å². The topological polar surface area (TPSA) is 29.5 Å². The first-order chi connectivity index (χ1) is 7.06. The molecule has 2 nitrogen and oxygen atoms in total. The molecule has 1 aromatic rings. The molecule has 0 aromatic heterocycles. The second kappa shape index (κ2) is 3.49. The highest BCUT2D eigenvalue weighted by molar-refractivity contribution is 5.42. The molecule has 1 saturated carbocycles. The van der Waals surface area contributed by atoms with E-state index in [0.29, 0.717) is 17.7 Å². The largest absolute Gasteiger partial charge is 0.496 e. The molecule has 0 amide bonds. The third kappa shape index (κ3) is 1.97. The summed E-state index contributed by atoms with van der Waals surface area (Å²) in [5.41, 5.74) is 0.827. The Morgan fingerprint density at radius 2 is 2.13 bits per heavy atom. The predicted octanol–water partition coefficient (Wildman–Crippen LogP) is 2.21. The molecule has 0 saturated heterocycles. The molecule has 2 rings (SSSR count). The van der Waals surface area contributed by atoms with Gasteiger partial charge in [0.25, 0.3) is 0 Å². The molecule has 0 unspecified atom stereocenters. The highest BCUT2D eigenvalue weighted by Crippen LogP contribution is 2.40. The molecule has 15 heavy (non-hydrogen) atoms. The van der Waals surface area contributed by atoms with Crippen LogP contribution in [-0.4, -0.2) is 17.8 Å². The lowest BCUT2D eigenvalue weighted by atomic mass is 10.0. The lowest BCUT2D eigenvalue weighted by Gasteiger charge is -2.14. The van der Waals surface area contributed by atoms with Gasteiger partial charge in [0.05, 0.1) is 12.7 Å². The van der Waals surface area contributed by atoms with E-state index in [2.05, 4.69) is 0 Å². The summed E-state index contributed by atoms with van der Waals surface area (Å²) >= 11 is 0. The standard InChI is InChI=1S/C12H15FO2/c1-8-10(13)4-3-9(11(8)15-2)7-12(14)5-6-12/h3-4,14H,5-7H2,1-2H3. The van der Waals surface area contributed by atoms with Crippen molar-refractivity contribution >= 4 is 0 Å². The second-order valence-electron chi connectivity index (χ2n) is 4.27. The molecule has 1 fully saturated rings. The molecule has 0 radical (unpaired) electrons. The lowest BCUT2D eigenvalue weighted by molar-refractivity contribution is 0.150. The molecular formula is C12H15FO2. The number of rotatable bonds is 3. The monoisotopic (exact) mass is 210 g/mol. The van der Waals surface area contributed by atoms with Crippen LogP contribution in [0.15, 0.2) is 12.1 Å². The van der Waals surface area contributed by atoms with Crippen LogP contribution in [0.5, 0.6) is 5.75 Å². The fourth-order valence-corrected chi connectivity index (χ4v) is 1.82. The van der Waals surface area contributed by atoms with Crippen LogP contribution in [0.25, 0.3) is 0 Å². The molecule has 0 heterocycles. The number of hydrogen-bond acceptors (Lipinski definition) is 2. The van der Waals surface area contributed by atoms with E-state index in [0.717, 1.165) is 18.4 Å². The predicted molar refractivity (Wildman–Crippen MR) is 55.6 cm³/mol. The smallest absolute Gasteiger partial charge is 0.129 e. The van der Waals surface area contributed by atoms with E-state index in [1.807, 2.05) is 0 Å². The Kier molecular flexibility index (Phi) is 2.43. The highest BCUT2D eigenvalue weighted by atomic mass is 19.1. The Balaban J connectivity index is 2.34. The highest BCUT2D eigenvalue weighted by Gasteiger charge is 2.40. The van der Waals surface area contributed by atoms with Crippen LogP contribution in [0, 0.1) is 12.7 Å². The normalized spacial score (nSPS) is 17.6. The first-order valence-corrected chi connectivity index (χ1v) is 5.10. The van der Waals surface area contributed by atoms with Gasteiger partial charge in [0.1, 0.15) is 11.6 Å². The zero-order valence-corrected chi connectivity index (χ0v) is 9.01. The van der Waals surface area contributed by atoms with Crippen molar-refractivity contribution in [1.29, 1.82) is 0 Å². The van der Waals surface area contributed by atoms with E-state index in [9.17, 15) is 9.50 Å². The van der Waals surface area contributed by atoms with Gasteiger partial charge in [-0.25, -0.2) is 4.39 Å². The SMILES string of the molecule is COc1c(CC2(O)CC2)ccc(F)c1C. The molecule has 1 N–H and O–H groups in total. The zero-order valence-electron chi connectivity index (χ0n) is 9.01. The summed E-state index contributed by atoms with van der Waals surface area (Å²) < 4.78 is 18.4. The Morgan fingerprint density at radius 3 is 2.67 bits per heavy atom. The molecule has 0 spiro atoms. The van der Waals surface area contributed by atoms with Gasteiger partial charge in [-0.05, 0) is 31.4 Å². The van der Waals surface area contributed by atoms with Crippen LogP contribution in [-0.2, 0) is 6.42 Å². The van der Waals surface area contributed by atoms with Crippen LogP contribution in [0.2, 0.25) is 0 Å². The van der Waals surface area contributed by atoms with Crippen molar-refractivity contribution in [3.8, 4) is 5.75 Å². The van der Waals surface area contributed by atoms with E-state index in [4.69, 9.17) is 4.74 Å². The average molecular weight is 210 g/mol. The minimum absolute atomic E-state index is 0.265. The third-order valence-corrected chi connectivity index (χ3v) is 2.97. The molecule has 3 heteroatoms. The van der Waals surface area contributed by atoms with Crippen LogP contribution < -0.4 is 4.74 Å². The molecule has 1 aliphatic carbocycles. The lowest BCUT2D eigenvalue weighted by Crippen LogP contribution is -2.12. The molecule has 1 aliphatic rings. The summed E-state index contributed by atoms with van der Waals surface area (Å²) in [4.78, 5) is 0. The quantitative estimate of drug-likeness (QED) is 0.828. The van der Waals surface area contributed by atoms with Crippen molar-refractivity contribution in [3.63, 3.8) is 0 Å². The maximum Gasteiger partial charge on any atom is 0.129 e. The van der Waals surface area contributed by atoms with Crippen molar-refractivity contribution in [2.75, 3.05) is 7.11 Å². The van der Waals surface area contributed by atoms with Crippen molar-refractivity contribution in [2.45, 2.75) is 31.8 Å². The maximum atomic E-state index is 13.3. The van der Waals surface area contributed by atoms with Crippen molar-refractivity contribution in [1.82, 2.24) is 0 Å².